The maximum absolute atomic E-state index is 12.3. The van der Waals surface area contributed by atoms with Crippen LogP contribution in [0.4, 0.5) is 5.69 Å². The van der Waals surface area contributed by atoms with Gasteiger partial charge in [-0.3, -0.25) is 19.7 Å². The molecule has 0 atom stereocenters. The molecule has 0 radical (unpaired) electrons. The third-order valence-corrected chi connectivity index (χ3v) is 4.24. The van der Waals surface area contributed by atoms with E-state index in [1.54, 1.807) is 6.07 Å². The fourth-order valence-corrected chi connectivity index (χ4v) is 2.66. The van der Waals surface area contributed by atoms with Crippen LogP contribution in [0.25, 0.3) is 0 Å². The van der Waals surface area contributed by atoms with E-state index in [1.165, 1.54) is 35.9 Å². The van der Waals surface area contributed by atoms with Crippen LogP contribution in [0.5, 0.6) is 0 Å². The highest BCUT2D eigenvalue weighted by Crippen LogP contribution is 2.38. The third-order valence-electron chi connectivity index (χ3n) is 4.24. The van der Waals surface area contributed by atoms with Crippen molar-refractivity contribution in [1.29, 1.82) is 0 Å². The number of hydrogen-bond donors (Lipinski definition) is 1. The molecule has 1 amide bonds. The van der Waals surface area contributed by atoms with Gasteiger partial charge in [0, 0.05) is 35.7 Å². The molecule has 2 aromatic rings. The number of nitrogens with one attached hydrogen (secondary N) is 1. The monoisotopic (exact) mass is 342 g/mol. The molecule has 25 heavy (non-hydrogen) atoms. The molecule has 0 bridgehead atoms. The van der Waals surface area contributed by atoms with Crippen LogP contribution in [0.3, 0.4) is 0 Å². The predicted octanol–water partition coefficient (Wildman–Crippen LogP) is 1.77. The minimum Gasteiger partial charge on any atom is -0.350 e. The van der Waals surface area contributed by atoms with Crippen molar-refractivity contribution in [3.8, 4) is 0 Å². The van der Waals surface area contributed by atoms with Crippen LogP contribution in [0.2, 0.25) is 0 Å². The number of nitro benzene ring substituents is 1. The molecule has 0 unspecified atom stereocenters. The highest BCUT2D eigenvalue weighted by atomic mass is 16.6. The van der Waals surface area contributed by atoms with Crippen molar-refractivity contribution in [2.24, 2.45) is 0 Å². The molecule has 3 rings (SSSR count). The Bertz CT molecular complexity index is 886. The Kier molecular flexibility index (Phi) is 4.60. The van der Waals surface area contributed by atoms with Crippen molar-refractivity contribution in [1.82, 2.24) is 15.1 Å². The van der Waals surface area contributed by atoms with Gasteiger partial charge in [-0.15, -0.1) is 0 Å². The number of aromatic nitrogens is 2. The summed E-state index contributed by atoms with van der Waals surface area (Å²) >= 11 is 0. The van der Waals surface area contributed by atoms with Crippen LogP contribution >= 0.6 is 0 Å². The summed E-state index contributed by atoms with van der Waals surface area (Å²) in [6, 6.07) is 7.62. The van der Waals surface area contributed by atoms with E-state index < -0.39 is 10.8 Å². The summed E-state index contributed by atoms with van der Waals surface area (Å²) in [5.74, 6) is 0.0292. The zero-order valence-electron chi connectivity index (χ0n) is 13.8. The molecule has 0 saturated heterocycles. The molecule has 0 spiro atoms. The lowest BCUT2D eigenvalue weighted by Crippen LogP contribution is -2.32. The second-order valence-corrected chi connectivity index (χ2v) is 6.06. The summed E-state index contributed by atoms with van der Waals surface area (Å²) < 4.78 is 1.34. The Balaban J connectivity index is 1.65. The summed E-state index contributed by atoms with van der Waals surface area (Å²) in [5, 5.41) is 18.0. The number of carbonyl (C=O) groups excluding carboxylic acids is 1. The van der Waals surface area contributed by atoms with Gasteiger partial charge in [-0.25, -0.2) is 4.68 Å². The highest BCUT2D eigenvalue weighted by molar-refractivity contribution is 5.96. The zero-order valence-corrected chi connectivity index (χ0v) is 13.8. The molecule has 1 heterocycles. The Labute approximate surface area is 143 Å². The predicted molar refractivity (Wildman–Crippen MR) is 90.6 cm³/mol. The van der Waals surface area contributed by atoms with Crippen LogP contribution < -0.4 is 10.9 Å². The summed E-state index contributed by atoms with van der Waals surface area (Å²) in [6.45, 7) is 2.00. The SMILES string of the molecule is Cc1c(C(=O)NCCn2nc(C3CC3)ccc2=O)cccc1[N+](=O)[O-]. The Morgan fingerprint density at radius 2 is 2.12 bits per heavy atom. The van der Waals surface area contributed by atoms with E-state index in [9.17, 15) is 19.7 Å². The van der Waals surface area contributed by atoms with Gasteiger partial charge in [0.15, 0.2) is 0 Å². The molecule has 1 aliphatic carbocycles. The van der Waals surface area contributed by atoms with E-state index in [0.717, 1.165) is 18.5 Å². The van der Waals surface area contributed by atoms with Gasteiger partial charge in [0.25, 0.3) is 17.2 Å². The lowest BCUT2D eigenvalue weighted by Gasteiger charge is -2.09. The summed E-state index contributed by atoms with van der Waals surface area (Å²) in [5.41, 5.74) is 1.16. The standard InChI is InChI=1S/C17H18N4O4/c1-11-13(3-2-4-15(11)21(24)25)17(23)18-9-10-20-16(22)8-7-14(19-20)12-5-6-12/h2-4,7-8,12H,5-6,9-10H2,1H3,(H,18,23). The van der Waals surface area contributed by atoms with E-state index in [4.69, 9.17) is 0 Å². The van der Waals surface area contributed by atoms with Crippen LogP contribution in [0.15, 0.2) is 35.1 Å². The number of hydrogen-bond acceptors (Lipinski definition) is 5. The first-order valence-electron chi connectivity index (χ1n) is 8.07. The molecule has 1 saturated carbocycles. The van der Waals surface area contributed by atoms with E-state index in [2.05, 4.69) is 10.4 Å². The quantitative estimate of drug-likeness (QED) is 0.636. The van der Waals surface area contributed by atoms with Crippen molar-refractivity contribution in [3.05, 3.63) is 67.6 Å². The minimum atomic E-state index is -0.515. The molecular formula is C17H18N4O4. The molecule has 1 N–H and O–H groups in total. The van der Waals surface area contributed by atoms with Crippen molar-refractivity contribution in [3.63, 3.8) is 0 Å². The Morgan fingerprint density at radius 1 is 1.36 bits per heavy atom. The number of rotatable bonds is 6. The molecule has 1 aromatic heterocycles. The van der Waals surface area contributed by atoms with Crippen LogP contribution in [-0.2, 0) is 6.54 Å². The fourth-order valence-electron chi connectivity index (χ4n) is 2.66. The average Bonchev–Trinajstić information content (AvgIpc) is 3.41. The average molecular weight is 342 g/mol. The Hall–Kier alpha value is -3.03. The molecule has 130 valence electrons. The first kappa shape index (κ1) is 16.8. The normalized spacial score (nSPS) is 13.5. The maximum Gasteiger partial charge on any atom is 0.273 e. The van der Waals surface area contributed by atoms with Gasteiger partial charge >= 0.3 is 0 Å². The van der Waals surface area contributed by atoms with Gasteiger partial charge in [0.05, 0.1) is 17.2 Å². The topological polar surface area (TPSA) is 107 Å². The van der Waals surface area contributed by atoms with Crippen LogP contribution in [0, 0.1) is 17.0 Å². The summed E-state index contributed by atoms with van der Waals surface area (Å²) in [6.07, 6.45) is 2.18. The molecule has 8 nitrogen and oxygen atoms in total. The summed E-state index contributed by atoms with van der Waals surface area (Å²) in [4.78, 5) is 34.5. The lowest BCUT2D eigenvalue weighted by atomic mass is 10.1. The van der Waals surface area contributed by atoms with E-state index in [-0.39, 0.29) is 29.9 Å². The fraction of sp³-hybridized carbons (Fsp3) is 0.353. The summed E-state index contributed by atoms with van der Waals surface area (Å²) in [7, 11) is 0. The molecule has 1 aliphatic rings. The van der Waals surface area contributed by atoms with E-state index >= 15 is 0 Å². The van der Waals surface area contributed by atoms with Crippen molar-refractivity contribution < 1.29 is 9.72 Å². The number of benzene rings is 1. The number of carbonyl (C=O) groups is 1. The number of amides is 1. The Morgan fingerprint density at radius 3 is 2.80 bits per heavy atom. The van der Waals surface area contributed by atoms with Gasteiger partial charge in [-0.05, 0) is 31.9 Å². The molecule has 1 aromatic carbocycles. The van der Waals surface area contributed by atoms with Crippen molar-refractivity contribution in [2.75, 3.05) is 6.54 Å². The van der Waals surface area contributed by atoms with Crippen LogP contribution in [0.1, 0.15) is 40.4 Å². The molecular weight excluding hydrogens is 324 g/mol. The van der Waals surface area contributed by atoms with E-state index in [1.807, 2.05) is 0 Å². The molecule has 0 aliphatic heterocycles. The minimum absolute atomic E-state index is 0.0947. The first-order valence-corrected chi connectivity index (χ1v) is 8.07. The van der Waals surface area contributed by atoms with Gasteiger partial charge in [0.2, 0.25) is 0 Å². The van der Waals surface area contributed by atoms with Gasteiger partial charge < -0.3 is 5.32 Å². The van der Waals surface area contributed by atoms with Crippen molar-refractivity contribution in [2.45, 2.75) is 32.2 Å². The second kappa shape index (κ2) is 6.84. The van der Waals surface area contributed by atoms with E-state index in [0.29, 0.717) is 11.5 Å². The zero-order chi connectivity index (χ0) is 18.0. The molecule has 1 fully saturated rings. The maximum atomic E-state index is 12.3. The second-order valence-electron chi connectivity index (χ2n) is 6.06. The van der Waals surface area contributed by atoms with Gasteiger partial charge in [-0.1, -0.05) is 6.07 Å². The smallest absolute Gasteiger partial charge is 0.273 e. The first-order chi connectivity index (χ1) is 12.0. The van der Waals surface area contributed by atoms with Gasteiger partial charge in [-0.2, -0.15) is 5.10 Å². The molecule has 8 heteroatoms. The van der Waals surface area contributed by atoms with Gasteiger partial charge in [0.1, 0.15) is 0 Å². The van der Waals surface area contributed by atoms with Crippen molar-refractivity contribution >= 4 is 11.6 Å². The lowest BCUT2D eigenvalue weighted by molar-refractivity contribution is -0.385. The number of nitrogens with zero attached hydrogens (tertiary/aromatic N) is 3. The third kappa shape index (κ3) is 3.73. The largest absolute Gasteiger partial charge is 0.350 e. The number of nitro groups is 1. The van der Waals surface area contributed by atoms with Crippen LogP contribution in [-0.4, -0.2) is 27.2 Å². The highest BCUT2D eigenvalue weighted by Gasteiger charge is 2.25.